The van der Waals surface area contributed by atoms with E-state index in [0.717, 1.165) is 16.9 Å². The van der Waals surface area contributed by atoms with E-state index < -0.39 is 29.4 Å². The summed E-state index contributed by atoms with van der Waals surface area (Å²) in [5.41, 5.74) is -1.02. The van der Waals surface area contributed by atoms with Crippen LogP contribution in [0.25, 0.3) is 0 Å². The topological polar surface area (TPSA) is 87.2 Å². The number of carbonyl (C=O) groups excluding carboxylic acids is 2. The number of hydrogen-bond acceptors (Lipinski definition) is 5. The first-order chi connectivity index (χ1) is 13.9. The summed E-state index contributed by atoms with van der Waals surface area (Å²) in [5.74, 6) is -3.14. The summed E-state index contributed by atoms with van der Waals surface area (Å²) < 4.78 is 18.7. The number of amides is 2. The highest BCUT2D eigenvalue weighted by atomic mass is 19.1. The van der Waals surface area contributed by atoms with Crippen molar-refractivity contribution in [3.8, 4) is 0 Å². The van der Waals surface area contributed by atoms with E-state index in [9.17, 15) is 23.9 Å². The van der Waals surface area contributed by atoms with Gasteiger partial charge in [-0.15, -0.1) is 0 Å². The number of halogens is 1. The van der Waals surface area contributed by atoms with Crippen LogP contribution in [0, 0.1) is 11.7 Å². The fraction of sp³-hybridized carbons (Fsp3) is 0.571. The summed E-state index contributed by atoms with van der Waals surface area (Å²) in [6.07, 6.45) is 1.70. The Balaban J connectivity index is 2.02. The van der Waals surface area contributed by atoms with E-state index in [0.29, 0.717) is 32.7 Å². The van der Waals surface area contributed by atoms with E-state index in [-0.39, 0.29) is 25.1 Å². The lowest BCUT2D eigenvalue weighted by Gasteiger charge is -2.47. The Morgan fingerprint density at radius 2 is 1.90 bits per heavy atom. The van der Waals surface area contributed by atoms with Crippen LogP contribution in [0.4, 0.5) is 4.39 Å². The van der Waals surface area contributed by atoms with Crippen LogP contribution in [0.1, 0.15) is 38.2 Å². The van der Waals surface area contributed by atoms with Gasteiger partial charge in [0.25, 0.3) is 0 Å². The number of carboxylic acids is 1. The molecule has 2 amide bonds. The van der Waals surface area contributed by atoms with Crippen molar-refractivity contribution in [3.05, 3.63) is 35.6 Å². The van der Waals surface area contributed by atoms with Crippen molar-refractivity contribution in [3.63, 3.8) is 0 Å². The highest BCUT2D eigenvalue weighted by molar-refractivity contribution is 6.04. The smallest absolute Gasteiger partial charge is 0.345 e. The van der Waals surface area contributed by atoms with Gasteiger partial charge in [-0.05, 0) is 30.5 Å². The largest absolute Gasteiger partial charge is 0.478 e. The van der Waals surface area contributed by atoms with Gasteiger partial charge in [-0.1, -0.05) is 25.5 Å². The molecule has 0 spiro atoms. The number of hydrogen-bond donors (Lipinski definition) is 1. The lowest BCUT2D eigenvalue weighted by molar-refractivity contribution is -0.184. The highest BCUT2D eigenvalue weighted by Crippen LogP contribution is 2.42. The Kier molecular flexibility index (Phi) is 6.64. The minimum atomic E-state index is -1.75. The van der Waals surface area contributed by atoms with Gasteiger partial charge in [0.05, 0.1) is 13.2 Å². The number of likely N-dealkylation sites (tertiary alicyclic amines) is 1. The van der Waals surface area contributed by atoms with E-state index in [2.05, 4.69) is 0 Å². The van der Waals surface area contributed by atoms with Gasteiger partial charge in [0.15, 0.2) is 0 Å². The molecule has 7 nitrogen and oxygen atoms in total. The van der Waals surface area contributed by atoms with Crippen molar-refractivity contribution < 1.29 is 28.6 Å². The molecular weight excluding hydrogens is 379 g/mol. The van der Waals surface area contributed by atoms with Crippen molar-refractivity contribution in [2.75, 3.05) is 26.3 Å². The second-order valence-corrected chi connectivity index (χ2v) is 7.59. The van der Waals surface area contributed by atoms with E-state index in [4.69, 9.17) is 4.74 Å². The number of morpholine rings is 1. The van der Waals surface area contributed by atoms with Crippen LogP contribution in [-0.2, 0) is 25.5 Å². The molecule has 3 rings (SSSR count). The standard InChI is InChI=1S/C21H27FN2O5/c1-2-3-4-18(25)24-19(26)14-16(13-15-5-7-17(22)8-6-15)21(24,20(27)28)23-9-11-29-12-10-23/h5-8,16H,2-4,9-14H2,1H3,(H,27,28)/t16?,21-/m1/s1. The zero-order valence-corrected chi connectivity index (χ0v) is 16.6. The van der Waals surface area contributed by atoms with Gasteiger partial charge >= 0.3 is 5.97 Å². The van der Waals surface area contributed by atoms with Crippen molar-refractivity contribution in [2.45, 2.75) is 44.7 Å². The van der Waals surface area contributed by atoms with Crippen LogP contribution in [0.2, 0.25) is 0 Å². The SMILES string of the molecule is CCCCC(=O)N1C(=O)CC(Cc2ccc(F)cc2)[C@@]1(C(=O)O)N1CCOCC1. The molecule has 1 unspecified atom stereocenters. The van der Waals surface area contributed by atoms with Crippen LogP contribution in [-0.4, -0.2) is 64.7 Å². The summed E-state index contributed by atoms with van der Waals surface area (Å²) in [6, 6.07) is 5.81. The van der Waals surface area contributed by atoms with E-state index in [1.165, 1.54) is 12.1 Å². The number of benzene rings is 1. The Bertz CT molecular complexity index is 763. The van der Waals surface area contributed by atoms with E-state index in [1.807, 2.05) is 6.92 Å². The molecule has 29 heavy (non-hydrogen) atoms. The molecule has 2 fully saturated rings. The first-order valence-electron chi connectivity index (χ1n) is 10.1. The van der Waals surface area contributed by atoms with Gasteiger partial charge in [0, 0.05) is 31.8 Å². The first kappa shape index (κ1) is 21.4. The molecule has 2 atom stereocenters. The van der Waals surface area contributed by atoms with Gasteiger partial charge in [-0.25, -0.2) is 9.18 Å². The molecule has 2 saturated heterocycles. The maximum atomic E-state index is 13.3. The number of unbranched alkanes of at least 4 members (excludes halogenated alkanes) is 1. The second-order valence-electron chi connectivity index (χ2n) is 7.59. The number of carboxylic acid groups (broad SMARTS) is 1. The maximum absolute atomic E-state index is 13.3. The molecule has 1 N–H and O–H groups in total. The number of nitrogens with zero attached hydrogens (tertiary/aromatic N) is 2. The summed E-state index contributed by atoms with van der Waals surface area (Å²) in [5, 5.41) is 10.4. The molecule has 158 valence electrons. The lowest BCUT2D eigenvalue weighted by atomic mass is 9.85. The molecule has 0 bridgehead atoms. The van der Waals surface area contributed by atoms with Gasteiger partial charge in [0.2, 0.25) is 17.5 Å². The monoisotopic (exact) mass is 406 g/mol. The third-order valence-corrected chi connectivity index (χ3v) is 5.78. The number of ether oxygens (including phenoxy) is 1. The van der Waals surface area contributed by atoms with Crippen LogP contribution < -0.4 is 0 Å². The highest BCUT2D eigenvalue weighted by Gasteiger charge is 2.63. The number of aliphatic carboxylic acids is 1. The summed E-state index contributed by atoms with van der Waals surface area (Å²) in [4.78, 5) is 41.3. The average Bonchev–Trinajstić information content (AvgIpc) is 3.01. The summed E-state index contributed by atoms with van der Waals surface area (Å²) >= 11 is 0. The fourth-order valence-electron chi connectivity index (χ4n) is 4.41. The summed E-state index contributed by atoms with van der Waals surface area (Å²) in [6.45, 7) is 3.24. The van der Waals surface area contributed by atoms with Crippen molar-refractivity contribution in [2.24, 2.45) is 5.92 Å². The van der Waals surface area contributed by atoms with Crippen LogP contribution in [0.5, 0.6) is 0 Å². The quantitative estimate of drug-likeness (QED) is 0.746. The molecule has 1 aromatic carbocycles. The molecule has 0 aliphatic carbocycles. The minimum Gasteiger partial charge on any atom is -0.478 e. The predicted molar refractivity (Wildman–Crippen MR) is 102 cm³/mol. The third-order valence-electron chi connectivity index (χ3n) is 5.78. The Hall–Kier alpha value is -2.32. The molecule has 0 aromatic heterocycles. The van der Waals surface area contributed by atoms with Crippen LogP contribution in [0.3, 0.4) is 0 Å². The Labute approximate surface area is 169 Å². The second kappa shape index (κ2) is 9.00. The number of carbonyl (C=O) groups is 3. The van der Waals surface area contributed by atoms with E-state index >= 15 is 0 Å². The summed E-state index contributed by atoms with van der Waals surface area (Å²) in [7, 11) is 0. The maximum Gasteiger partial charge on any atom is 0.345 e. The zero-order valence-electron chi connectivity index (χ0n) is 16.6. The molecule has 2 aliphatic heterocycles. The van der Waals surface area contributed by atoms with Gasteiger partial charge in [0.1, 0.15) is 5.82 Å². The molecule has 0 radical (unpaired) electrons. The first-order valence-corrected chi connectivity index (χ1v) is 10.1. The van der Waals surface area contributed by atoms with Crippen molar-refractivity contribution in [1.82, 2.24) is 9.80 Å². The predicted octanol–water partition coefficient (Wildman–Crippen LogP) is 2.05. The van der Waals surface area contributed by atoms with Crippen LogP contribution in [0.15, 0.2) is 24.3 Å². The minimum absolute atomic E-state index is 0.0428. The molecule has 2 heterocycles. The number of imide groups is 1. The Morgan fingerprint density at radius 3 is 2.48 bits per heavy atom. The van der Waals surface area contributed by atoms with Crippen molar-refractivity contribution >= 4 is 17.8 Å². The van der Waals surface area contributed by atoms with Crippen molar-refractivity contribution in [1.29, 1.82) is 0 Å². The third kappa shape index (κ3) is 4.04. The number of rotatable bonds is 7. The Morgan fingerprint density at radius 1 is 1.24 bits per heavy atom. The molecule has 8 heteroatoms. The van der Waals surface area contributed by atoms with E-state index in [1.54, 1.807) is 17.0 Å². The fourth-order valence-corrected chi connectivity index (χ4v) is 4.41. The molecule has 1 aromatic rings. The van der Waals surface area contributed by atoms with Gasteiger partial charge < -0.3 is 9.84 Å². The molecule has 2 aliphatic rings. The lowest BCUT2D eigenvalue weighted by Crippen LogP contribution is -2.69. The normalized spacial score (nSPS) is 25.4. The molecular formula is C21H27FN2O5. The average molecular weight is 406 g/mol. The van der Waals surface area contributed by atoms with Gasteiger partial charge in [-0.3, -0.25) is 19.4 Å². The zero-order chi connectivity index (χ0) is 21.0. The van der Waals surface area contributed by atoms with Gasteiger partial charge in [-0.2, -0.15) is 0 Å². The molecule has 0 saturated carbocycles. The van der Waals surface area contributed by atoms with Crippen LogP contribution >= 0.6 is 0 Å².